The second-order valence-electron chi connectivity index (χ2n) is 4.15. The van der Waals surface area contributed by atoms with E-state index < -0.39 is 40.7 Å². The molecule has 0 aliphatic heterocycles. The zero-order chi connectivity index (χ0) is 15.7. The average molecular weight is 306 g/mol. The molecule has 2 aromatic rings. The summed E-state index contributed by atoms with van der Waals surface area (Å²) in [5, 5.41) is 0. The summed E-state index contributed by atoms with van der Waals surface area (Å²) in [6, 6.07) is -1.48. The molecule has 0 saturated carbocycles. The first kappa shape index (κ1) is 15.4. The van der Waals surface area contributed by atoms with Gasteiger partial charge in [-0.05, 0) is 6.92 Å². The van der Waals surface area contributed by atoms with Gasteiger partial charge >= 0.3 is 0 Å². The number of hydrogen-bond acceptors (Lipinski definition) is 3. The van der Waals surface area contributed by atoms with Gasteiger partial charge in [0, 0.05) is 18.9 Å². The van der Waals surface area contributed by atoms with E-state index in [0.29, 0.717) is 6.54 Å². The van der Waals surface area contributed by atoms with Crippen LogP contribution in [0.5, 0.6) is 0 Å². The Morgan fingerprint density at radius 3 is 2.10 bits per heavy atom. The predicted molar refractivity (Wildman–Crippen MR) is 63.3 cm³/mol. The van der Waals surface area contributed by atoms with Crippen molar-refractivity contribution in [3.63, 3.8) is 0 Å². The zero-order valence-corrected chi connectivity index (χ0v) is 10.8. The third kappa shape index (κ3) is 2.38. The lowest BCUT2D eigenvalue weighted by molar-refractivity contribution is 0.359. The summed E-state index contributed by atoms with van der Waals surface area (Å²) in [5.74, 6) is -4.91. The molecule has 1 atom stereocenters. The van der Waals surface area contributed by atoms with Gasteiger partial charge in [0.15, 0.2) is 23.3 Å². The molecule has 9 heteroatoms. The van der Waals surface area contributed by atoms with Gasteiger partial charge < -0.3 is 4.57 Å². The fourth-order valence-corrected chi connectivity index (χ4v) is 2.01. The average Bonchev–Trinajstić information content (AvgIpc) is 2.95. The Kier molecular flexibility index (Phi) is 4.24. The summed E-state index contributed by atoms with van der Waals surface area (Å²) in [6.45, 7) is 2.10. The first-order chi connectivity index (χ1) is 9.93. The number of halogens is 5. The summed E-state index contributed by atoms with van der Waals surface area (Å²) in [4.78, 5) is 3.85. The van der Waals surface area contributed by atoms with Crippen molar-refractivity contribution in [3.05, 3.63) is 52.9 Å². The number of benzene rings is 1. The second kappa shape index (κ2) is 5.78. The molecular weight excluding hydrogens is 295 g/mol. The normalized spacial score (nSPS) is 12.7. The van der Waals surface area contributed by atoms with Crippen molar-refractivity contribution in [2.75, 3.05) is 0 Å². The number of hydrogen-bond donors (Lipinski definition) is 2. The van der Waals surface area contributed by atoms with E-state index in [1.54, 1.807) is 6.92 Å². The van der Waals surface area contributed by atoms with Crippen molar-refractivity contribution < 1.29 is 22.0 Å². The van der Waals surface area contributed by atoms with E-state index in [4.69, 9.17) is 5.84 Å². The summed E-state index contributed by atoms with van der Waals surface area (Å²) in [6.07, 6.45) is 2.82. The van der Waals surface area contributed by atoms with Crippen LogP contribution in [0.1, 0.15) is 24.4 Å². The Labute approximate surface area is 116 Å². The number of aromatic nitrogens is 2. The second-order valence-corrected chi connectivity index (χ2v) is 4.15. The Morgan fingerprint density at radius 2 is 1.62 bits per heavy atom. The van der Waals surface area contributed by atoms with Crippen molar-refractivity contribution in [1.29, 1.82) is 0 Å². The number of aryl methyl sites for hydroxylation is 1. The molecule has 0 radical (unpaired) electrons. The van der Waals surface area contributed by atoms with E-state index in [1.807, 2.05) is 5.43 Å². The molecule has 1 unspecified atom stereocenters. The van der Waals surface area contributed by atoms with Crippen LogP contribution >= 0.6 is 0 Å². The highest BCUT2D eigenvalue weighted by atomic mass is 19.2. The summed E-state index contributed by atoms with van der Waals surface area (Å²) in [5.41, 5.74) is 0.958. The lowest BCUT2D eigenvalue weighted by Crippen LogP contribution is -2.33. The van der Waals surface area contributed by atoms with Crippen LogP contribution in [0.2, 0.25) is 0 Å². The van der Waals surface area contributed by atoms with Crippen LogP contribution < -0.4 is 11.3 Å². The molecule has 0 amide bonds. The smallest absolute Gasteiger partial charge is 0.200 e. The molecule has 0 fully saturated rings. The maximum Gasteiger partial charge on any atom is 0.200 e. The molecule has 1 aromatic heterocycles. The van der Waals surface area contributed by atoms with Gasteiger partial charge in [-0.2, -0.15) is 0 Å². The van der Waals surface area contributed by atoms with E-state index in [2.05, 4.69) is 4.98 Å². The number of nitrogens with one attached hydrogen (secondary N) is 1. The molecule has 114 valence electrons. The molecule has 2 rings (SSSR count). The van der Waals surface area contributed by atoms with Crippen molar-refractivity contribution in [3.8, 4) is 0 Å². The van der Waals surface area contributed by atoms with Gasteiger partial charge in [-0.1, -0.05) is 0 Å². The Morgan fingerprint density at radius 1 is 1.10 bits per heavy atom. The Bertz CT molecular complexity index is 641. The fraction of sp³-hybridized carbons (Fsp3) is 0.250. The molecule has 0 bridgehead atoms. The molecule has 1 aromatic carbocycles. The van der Waals surface area contributed by atoms with Gasteiger partial charge in [-0.25, -0.2) is 32.4 Å². The Hall–Kier alpha value is -2.00. The van der Waals surface area contributed by atoms with Gasteiger partial charge in [0.2, 0.25) is 5.82 Å². The number of imidazole rings is 1. The molecule has 0 aliphatic rings. The van der Waals surface area contributed by atoms with Gasteiger partial charge in [-0.15, -0.1) is 0 Å². The van der Waals surface area contributed by atoms with Gasteiger partial charge in [0.25, 0.3) is 0 Å². The standard InChI is InChI=1S/C12H11F5N4/c1-2-21-4-3-19-12(21)11(20-18)5-6(13)8(15)10(17)9(16)7(5)14/h3-4,11,20H,2,18H2,1H3. The van der Waals surface area contributed by atoms with E-state index in [1.165, 1.54) is 17.0 Å². The lowest BCUT2D eigenvalue weighted by Gasteiger charge is -2.19. The molecule has 0 aliphatic carbocycles. The molecule has 3 N–H and O–H groups in total. The highest BCUT2D eigenvalue weighted by molar-refractivity contribution is 5.31. The predicted octanol–water partition coefficient (Wildman–Crippen LogP) is 2.15. The zero-order valence-electron chi connectivity index (χ0n) is 10.8. The van der Waals surface area contributed by atoms with Crippen LogP contribution in [-0.2, 0) is 6.54 Å². The first-order valence-corrected chi connectivity index (χ1v) is 5.92. The minimum Gasteiger partial charge on any atom is -0.334 e. The Balaban J connectivity index is 2.69. The molecular formula is C12H11F5N4. The van der Waals surface area contributed by atoms with Crippen molar-refractivity contribution >= 4 is 0 Å². The highest BCUT2D eigenvalue weighted by Gasteiger charge is 2.32. The maximum absolute atomic E-state index is 13.8. The molecule has 0 spiro atoms. The highest BCUT2D eigenvalue weighted by Crippen LogP contribution is 2.30. The van der Waals surface area contributed by atoms with Crippen LogP contribution in [0.15, 0.2) is 12.4 Å². The fourth-order valence-electron chi connectivity index (χ4n) is 2.01. The van der Waals surface area contributed by atoms with E-state index in [-0.39, 0.29) is 5.82 Å². The summed E-state index contributed by atoms with van der Waals surface area (Å²) < 4.78 is 68.7. The number of hydrazine groups is 1. The largest absolute Gasteiger partial charge is 0.334 e. The molecule has 21 heavy (non-hydrogen) atoms. The summed E-state index contributed by atoms with van der Waals surface area (Å²) in [7, 11) is 0. The van der Waals surface area contributed by atoms with Gasteiger partial charge in [-0.3, -0.25) is 5.84 Å². The molecule has 0 saturated heterocycles. The lowest BCUT2D eigenvalue weighted by atomic mass is 10.0. The third-order valence-corrected chi connectivity index (χ3v) is 3.05. The molecule has 4 nitrogen and oxygen atoms in total. The monoisotopic (exact) mass is 306 g/mol. The van der Waals surface area contributed by atoms with Gasteiger partial charge in [0.1, 0.15) is 11.9 Å². The van der Waals surface area contributed by atoms with Crippen LogP contribution in [0.3, 0.4) is 0 Å². The van der Waals surface area contributed by atoms with E-state index in [9.17, 15) is 22.0 Å². The molecule has 1 heterocycles. The SMILES string of the molecule is CCn1ccnc1C(NN)c1c(F)c(F)c(F)c(F)c1F. The van der Waals surface area contributed by atoms with Crippen LogP contribution in [0.25, 0.3) is 0 Å². The minimum absolute atomic E-state index is 0.0307. The van der Waals surface area contributed by atoms with Crippen LogP contribution in [0.4, 0.5) is 22.0 Å². The third-order valence-electron chi connectivity index (χ3n) is 3.05. The topological polar surface area (TPSA) is 55.9 Å². The minimum atomic E-state index is -2.22. The quantitative estimate of drug-likeness (QED) is 0.299. The van der Waals surface area contributed by atoms with Gasteiger partial charge in [0.05, 0.1) is 5.56 Å². The summed E-state index contributed by atoms with van der Waals surface area (Å²) >= 11 is 0. The van der Waals surface area contributed by atoms with Crippen LogP contribution in [0, 0.1) is 29.1 Å². The first-order valence-electron chi connectivity index (χ1n) is 5.92. The van der Waals surface area contributed by atoms with Crippen molar-refractivity contribution in [2.45, 2.75) is 19.5 Å². The van der Waals surface area contributed by atoms with Crippen LogP contribution in [-0.4, -0.2) is 9.55 Å². The number of rotatable bonds is 4. The van der Waals surface area contributed by atoms with E-state index in [0.717, 1.165) is 0 Å². The number of nitrogens with two attached hydrogens (primary N) is 1. The van der Waals surface area contributed by atoms with Crippen molar-refractivity contribution in [2.24, 2.45) is 5.84 Å². The van der Waals surface area contributed by atoms with Crippen molar-refractivity contribution in [1.82, 2.24) is 15.0 Å². The van der Waals surface area contributed by atoms with E-state index >= 15 is 0 Å². The maximum atomic E-state index is 13.8. The number of nitrogens with zero attached hydrogens (tertiary/aromatic N) is 2.